The van der Waals surface area contributed by atoms with Crippen molar-refractivity contribution in [1.82, 2.24) is 5.32 Å². The highest BCUT2D eigenvalue weighted by molar-refractivity contribution is 7.86. The predicted octanol–water partition coefficient (Wildman–Crippen LogP) is -1.36. The van der Waals surface area contributed by atoms with E-state index in [0.29, 0.717) is 6.54 Å². The molecule has 9 heteroatoms. The molecule has 1 fully saturated rings. The van der Waals surface area contributed by atoms with Crippen molar-refractivity contribution < 1.29 is 31.3 Å². The van der Waals surface area contributed by atoms with Crippen molar-refractivity contribution in [3.05, 3.63) is 0 Å². The highest BCUT2D eigenvalue weighted by Gasteiger charge is 2.41. The van der Waals surface area contributed by atoms with E-state index in [0.717, 1.165) is 0 Å². The van der Waals surface area contributed by atoms with Crippen LogP contribution in [0.15, 0.2) is 0 Å². The molecule has 0 spiro atoms. The average molecular weight is 230 g/mol. The van der Waals surface area contributed by atoms with Gasteiger partial charge in [-0.1, -0.05) is 0 Å². The Hall–Kier alpha value is -0.800. The Bertz CT molecular complexity index is 336. The Kier molecular flexibility index (Phi) is 2.74. The van der Waals surface area contributed by atoms with Crippen LogP contribution in [0.25, 0.3) is 0 Å². The Labute approximate surface area is 78.0 Å². The van der Waals surface area contributed by atoms with Gasteiger partial charge in [-0.2, -0.15) is 8.78 Å². The lowest BCUT2D eigenvalue weighted by Gasteiger charge is -2.19. The standard InChI is InChI=1S/C5H7F2NO5S/c6-5(7,14(10,11)12)2-13-4(9)3-1-8-3/h3,8H,1-2H2,(H,10,11,12)/p-1. The minimum absolute atomic E-state index is 0.300. The monoisotopic (exact) mass is 230 g/mol. The van der Waals surface area contributed by atoms with Crippen molar-refractivity contribution >= 4 is 16.1 Å². The maximum atomic E-state index is 12.4. The zero-order valence-electron chi connectivity index (χ0n) is 6.70. The van der Waals surface area contributed by atoms with E-state index in [9.17, 15) is 26.5 Å². The van der Waals surface area contributed by atoms with E-state index in [-0.39, 0.29) is 0 Å². The molecule has 1 aliphatic heterocycles. The Morgan fingerprint density at radius 3 is 2.50 bits per heavy atom. The number of esters is 1. The van der Waals surface area contributed by atoms with Crippen molar-refractivity contribution in [2.75, 3.05) is 13.2 Å². The summed E-state index contributed by atoms with van der Waals surface area (Å²) in [5.74, 6) is -0.992. The van der Waals surface area contributed by atoms with Crippen LogP contribution in [0.5, 0.6) is 0 Å². The first-order valence-electron chi connectivity index (χ1n) is 3.47. The Morgan fingerprint density at radius 2 is 2.14 bits per heavy atom. The molecular weight excluding hydrogens is 224 g/mol. The van der Waals surface area contributed by atoms with Gasteiger partial charge >= 0.3 is 11.2 Å². The van der Waals surface area contributed by atoms with Gasteiger partial charge in [0.25, 0.3) is 0 Å². The summed E-state index contributed by atoms with van der Waals surface area (Å²) in [7, 11) is -5.78. The molecule has 0 amide bonds. The normalized spacial score (nSPS) is 21.8. The van der Waals surface area contributed by atoms with E-state index in [4.69, 9.17) is 0 Å². The zero-order chi connectivity index (χ0) is 11.0. The largest absolute Gasteiger partial charge is 0.743 e. The van der Waals surface area contributed by atoms with E-state index in [1.165, 1.54) is 0 Å². The SMILES string of the molecule is O=C(OCC(F)(F)S(=O)(=O)[O-])C1CN1. The van der Waals surface area contributed by atoms with Crippen molar-refractivity contribution in [2.45, 2.75) is 11.3 Å². The summed E-state index contributed by atoms with van der Waals surface area (Å²) < 4.78 is 58.5. The van der Waals surface area contributed by atoms with E-state index < -0.39 is 34.0 Å². The van der Waals surface area contributed by atoms with Crippen LogP contribution in [0.2, 0.25) is 0 Å². The highest BCUT2D eigenvalue weighted by atomic mass is 32.2. The van der Waals surface area contributed by atoms with Crippen molar-refractivity contribution in [3.63, 3.8) is 0 Å². The molecule has 14 heavy (non-hydrogen) atoms. The third-order valence-corrected chi connectivity index (χ3v) is 2.29. The van der Waals surface area contributed by atoms with Gasteiger partial charge < -0.3 is 14.6 Å². The number of hydrogen-bond acceptors (Lipinski definition) is 6. The zero-order valence-corrected chi connectivity index (χ0v) is 7.51. The third kappa shape index (κ3) is 2.59. The summed E-state index contributed by atoms with van der Waals surface area (Å²) in [5, 5.41) is -2.11. The highest BCUT2D eigenvalue weighted by Crippen LogP contribution is 2.20. The van der Waals surface area contributed by atoms with Gasteiger partial charge in [-0.25, -0.2) is 8.42 Å². The van der Waals surface area contributed by atoms with Gasteiger partial charge in [-0.3, -0.25) is 4.79 Å². The van der Waals surface area contributed by atoms with Crippen molar-refractivity contribution in [2.24, 2.45) is 0 Å². The topological polar surface area (TPSA) is 105 Å². The lowest BCUT2D eigenvalue weighted by molar-refractivity contribution is -0.148. The van der Waals surface area contributed by atoms with E-state index in [1.54, 1.807) is 0 Å². The van der Waals surface area contributed by atoms with Crippen LogP contribution in [0.3, 0.4) is 0 Å². The predicted molar refractivity (Wildman–Crippen MR) is 37.4 cm³/mol. The number of hydrogen-bond donors (Lipinski definition) is 1. The summed E-state index contributed by atoms with van der Waals surface area (Å²) in [6.07, 6.45) is 0. The fraction of sp³-hybridized carbons (Fsp3) is 0.800. The second kappa shape index (κ2) is 3.41. The molecular formula is C5H6F2NO5S-. The van der Waals surface area contributed by atoms with Crippen LogP contribution in [0, 0.1) is 0 Å². The lowest BCUT2D eigenvalue weighted by Crippen LogP contribution is -2.35. The van der Waals surface area contributed by atoms with Gasteiger partial charge in [-0.15, -0.1) is 0 Å². The fourth-order valence-corrected chi connectivity index (χ4v) is 0.757. The molecule has 1 heterocycles. The summed E-state index contributed by atoms with van der Waals surface area (Å²) >= 11 is 0. The number of ether oxygens (including phenoxy) is 1. The van der Waals surface area contributed by atoms with Gasteiger partial charge in [0, 0.05) is 6.54 Å². The lowest BCUT2D eigenvalue weighted by atomic mass is 10.5. The molecule has 82 valence electrons. The molecule has 1 aliphatic rings. The molecule has 0 radical (unpaired) electrons. The molecule has 1 atom stereocenters. The number of alkyl halides is 2. The van der Waals surface area contributed by atoms with Crippen molar-refractivity contribution in [1.29, 1.82) is 0 Å². The first-order chi connectivity index (χ1) is 6.24. The fourth-order valence-electron chi connectivity index (χ4n) is 0.553. The molecule has 1 N–H and O–H groups in total. The number of carbonyl (C=O) groups is 1. The van der Waals surface area contributed by atoms with Gasteiger partial charge in [0.15, 0.2) is 16.7 Å². The number of halogens is 2. The molecule has 0 aliphatic carbocycles. The molecule has 1 unspecified atom stereocenters. The quantitative estimate of drug-likeness (QED) is 0.363. The molecule has 6 nitrogen and oxygen atoms in total. The van der Waals surface area contributed by atoms with Crippen LogP contribution in [0.1, 0.15) is 0 Å². The number of rotatable bonds is 4. The van der Waals surface area contributed by atoms with Crippen LogP contribution < -0.4 is 5.32 Å². The molecule has 1 rings (SSSR count). The number of nitrogens with one attached hydrogen (secondary N) is 1. The van der Waals surface area contributed by atoms with Gasteiger partial charge in [0.05, 0.1) is 0 Å². The van der Waals surface area contributed by atoms with E-state index >= 15 is 0 Å². The Morgan fingerprint density at radius 1 is 1.64 bits per heavy atom. The first-order valence-corrected chi connectivity index (χ1v) is 4.88. The smallest absolute Gasteiger partial charge is 0.367 e. The van der Waals surface area contributed by atoms with Crippen LogP contribution in [-0.2, 0) is 19.6 Å². The van der Waals surface area contributed by atoms with Gasteiger partial charge in [-0.05, 0) is 0 Å². The maximum absolute atomic E-state index is 12.4. The molecule has 0 bridgehead atoms. The van der Waals surface area contributed by atoms with E-state index in [1.807, 2.05) is 0 Å². The van der Waals surface area contributed by atoms with Crippen LogP contribution in [0.4, 0.5) is 8.78 Å². The minimum Gasteiger partial charge on any atom is -0.743 e. The molecule has 1 saturated heterocycles. The van der Waals surface area contributed by atoms with Crippen LogP contribution >= 0.6 is 0 Å². The summed E-state index contributed by atoms with van der Waals surface area (Å²) in [4.78, 5) is 10.7. The maximum Gasteiger partial charge on any atom is 0.367 e. The Balaban J connectivity index is 2.47. The molecule has 0 aromatic carbocycles. The van der Waals surface area contributed by atoms with E-state index in [2.05, 4.69) is 10.1 Å². The summed E-state index contributed by atoms with van der Waals surface area (Å²) in [5.41, 5.74) is 0. The minimum atomic E-state index is -5.78. The number of carbonyl (C=O) groups excluding carboxylic acids is 1. The van der Waals surface area contributed by atoms with Crippen molar-refractivity contribution in [3.8, 4) is 0 Å². The summed E-state index contributed by atoms with van der Waals surface area (Å²) in [6.45, 7) is -1.44. The average Bonchev–Trinajstić information content (AvgIpc) is 2.80. The van der Waals surface area contributed by atoms with Crippen LogP contribution in [-0.4, -0.2) is 43.4 Å². The van der Waals surface area contributed by atoms with Gasteiger partial charge in [0.2, 0.25) is 0 Å². The molecule has 0 saturated carbocycles. The molecule has 0 aromatic heterocycles. The first kappa shape index (κ1) is 11.3. The third-order valence-electron chi connectivity index (χ3n) is 1.44. The second-order valence-electron chi connectivity index (χ2n) is 2.66. The molecule has 0 aromatic rings. The van der Waals surface area contributed by atoms with Gasteiger partial charge in [0.1, 0.15) is 6.04 Å². The second-order valence-corrected chi connectivity index (χ2v) is 4.17. The summed E-state index contributed by atoms with van der Waals surface area (Å²) in [6, 6.07) is -0.667.